The van der Waals surface area contributed by atoms with Crippen molar-refractivity contribution in [3.63, 3.8) is 0 Å². The Labute approximate surface area is 81.5 Å². The van der Waals surface area contributed by atoms with Gasteiger partial charge in [0, 0.05) is 11.6 Å². The molecule has 0 amide bonds. The summed E-state index contributed by atoms with van der Waals surface area (Å²) in [5, 5.41) is 10.7. The molecule has 70 valence electrons. The molecule has 14 heavy (non-hydrogen) atoms. The van der Waals surface area contributed by atoms with Crippen molar-refractivity contribution >= 4 is 11.3 Å². The molecule has 0 radical (unpaired) electrons. The second-order valence-electron chi connectivity index (χ2n) is 3.19. The van der Waals surface area contributed by atoms with E-state index in [9.17, 15) is 10.1 Å². The molecule has 0 fully saturated rings. The SMILES string of the molecule is C=C1C=CCc2c1cccc2[N+](=O)[O-]. The molecule has 0 spiro atoms. The minimum atomic E-state index is -0.342. The van der Waals surface area contributed by atoms with E-state index in [2.05, 4.69) is 6.58 Å². The molecule has 1 aromatic rings. The lowest BCUT2D eigenvalue weighted by molar-refractivity contribution is -0.385. The normalized spacial score (nSPS) is 13.9. The van der Waals surface area contributed by atoms with Gasteiger partial charge in [-0.3, -0.25) is 10.1 Å². The van der Waals surface area contributed by atoms with E-state index in [-0.39, 0.29) is 10.6 Å². The summed E-state index contributed by atoms with van der Waals surface area (Å²) in [6.45, 7) is 3.85. The Morgan fingerprint density at radius 1 is 1.43 bits per heavy atom. The predicted octanol–water partition coefficient (Wildman–Crippen LogP) is 2.72. The number of nitro benzene ring substituents is 1. The molecule has 0 N–H and O–H groups in total. The van der Waals surface area contributed by atoms with Gasteiger partial charge in [0.15, 0.2) is 0 Å². The molecule has 3 nitrogen and oxygen atoms in total. The average molecular weight is 187 g/mol. The molecule has 1 aliphatic rings. The number of allylic oxidation sites excluding steroid dienone is 3. The van der Waals surface area contributed by atoms with Crippen LogP contribution in [-0.2, 0) is 6.42 Å². The average Bonchev–Trinajstić information content (AvgIpc) is 2.17. The molecule has 3 heteroatoms. The summed E-state index contributed by atoms with van der Waals surface area (Å²) >= 11 is 0. The zero-order chi connectivity index (χ0) is 10.1. The molecular formula is C11H9NO2. The van der Waals surface area contributed by atoms with Gasteiger partial charge in [0.25, 0.3) is 5.69 Å². The third-order valence-electron chi connectivity index (χ3n) is 2.33. The summed E-state index contributed by atoms with van der Waals surface area (Å²) in [4.78, 5) is 10.4. The third-order valence-corrected chi connectivity index (χ3v) is 2.33. The Balaban J connectivity index is 2.64. The number of benzene rings is 1. The lowest BCUT2D eigenvalue weighted by Gasteiger charge is -2.12. The number of nitrogens with zero attached hydrogens (tertiary/aromatic N) is 1. The molecule has 0 saturated heterocycles. The highest BCUT2D eigenvalue weighted by Gasteiger charge is 2.18. The molecule has 0 atom stereocenters. The van der Waals surface area contributed by atoms with E-state index in [1.807, 2.05) is 18.2 Å². The fraction of sp³-hybridized carbons (Fsp3) is 0.0909. The monoisotopic (exact) mass is 187 g/mol. The van der Waals surface area contributed by atoms with Gasteiger partial charge in [-0.25, -0.2) is 0 Å². The van der Waals surface area contributed by atoms with Crippen LogP contribution >= 0.6 is 0 Å². The van der Waals surface area contributed by atoms with Crippen LogP contribution in [0.25, 0.3) is 5.57 Å². The number of nitro groups is 1. The minimum absolute atomic E-state index is 0.188. The summed E-state index contributed by atoms with van der Waals surface area (Å²) in [5.74, 6) is 0. The first-order valence-corrected chi connectivity index (χ1v) is 4.32. The van der Waals surface area contributed by atoms with Gasteiger partial charge in [0.05, 0.1) is 4.92 Å². The van der Waals surface area contributed by atoms with Crippen molar-refractivity contribution < 1.29 is 4.92 Å². The molecule has 0 saturated carbocycles. The van der Waals surface area contributed by atoms with Gasteiger partial charge in [-0.1, -0.05) is 30.9 Å². The van der Waals surface area contributed by atoms with Crippen molar-refractivity contribution in [2.45, 2.75) is 6.42 Å². The van der Waals surface area contributed by atoms with Gasteiger partial charge in [0.2, 0.25) is 0 Å². The van der Waals surface area contributed by atoms with Gasteiger partial charge in [-0.15, -0.1) is 0 Å². The third kappa shape index (κ3) is 1.23. The quantitative estimate of drug-likeness (QED) is 0.501. The highest BCUT2D eigenvalue weighted by Crippen LogP contribution is 2.31. The van der Waals surface area contributed by atoms with E-state index >= 15 is 0 Å². The van der Waals surface area contributed by atoms with Gasteiger partial charge in [-0.2, -0.15) is 0 Å². The predicted molar refractivity (Wildman–Crippen MR) is 55.0 cm³/mol. The summed E-state index contributed by atoms with van der Waals surface area (Å²) in [6, 6.07) is 5.10. The van der Waals surface area contributed by atoms with E-state index < -0.39 is 0 Å². The zero-order valence-corrected chi connectivity index (χ0v) is 7.56. The fourth-order valence-electron chi connectivity index (χ4n) is 1.67. The van der Waals surface area contributed by atoms with E-state index in [1.54, 1.807) is 6.07 Å². The van der Waals surface area contributed by atoms with Crippen molar-refractivity contribution in [3.05, 3.63) is 58.2 Å². The Kier molecular flexibility index (Phi) is 1.93. The summed E-state index contributed by atoms with van der Waals surface area (Å²) in [6.07, 6.45) is 4.41. The first kappa shape index (κ1) is 8.69. The summed E-state index contributed by atoms with van der Waals surface area (Å²) in [5.41, 5.74) is 2.69. The molecule has 0 heterocycles. The highest BCUT2D eigenvalue weighted by atomic mass is 16.6. The first-order chi connectivity index (χ1) is 6.70. The topological polar surface area (TPSA) is 43.1 Å². The minimum Gasteiger partial charge on any atom is -0.258 e. The number of hydrogen-bond acceptors (Lipinski definition) is 2. The van der Waals surface area contributed by atoms with E-state index in [1.165, 1.54) is 6.07 Å². The van der Waals surface area contributed by atoms with E-state index in [0.29, 0.717) is 6.42 Å². The van der Waals surface area contributed by atoms with Crippen LogP contribution in [0.2, 0.25) is 0 Å². The second kappa shape index (κ2) is 3.10. The standard InChI is InChI=1S/C11H9NO2/c1-8-4-2-6-10-9(8)5-3-7-11(10)12(13)14/h2-5,7H,1,6H2. The highest BCUT2D eigenvalue weighted by molar-refractivity contribution is 5.78. The van der Waals surface area contributed by atoms with Crippen LogP contribution in [0.4, 0.5) is 5.69 Å². The van der Waals surface area contributed by atoms with Gasteiger partial charge in [-0.05, 0) is 17.6 Å². The maximum atomic E-state index is 10.7. The maximum Gasteiger partial charge on any atom is 0.273 e. The van der Waals surface area contributed by atoms with Crippen LogP contribution in [0.3, 0.4) is 0 Å². The molecule has 0 aliphatic heterocycles. The van der Waals surface area contributed by atoms with Gasteiger partial charge < -0.3 is 0 Å². The Bertz CT molecular complexity index is 447. The number of rotatable bonds is 1. The first-order valence-electron chi connectivity index (χ1n) is 4.32. The summed E-state index contributed by atoms with van der Waals surface area (Å²) in [7, 11) is 0. The Morgan fingerprint density at radius 2 is 2.21 bits per heavy atom. The molecule has 1 aliphatic carbocycles. The smallest absolute Gasteiger partial charge is 0.258 e. The molecular weight excluding hydrogens is 178 g/mol. The fourth-order valence-corrected chi connectivity index (χ4v) is 1.67. The van der Waals surface area contributed by atoms with Crippen molar-refractivity contribution in [2.24, 2.45) is 0 Å². The van der Waals surface area contributed by atoms with Crippen LogP contribution in [0.1, 0.15) is 11.1 Å². The Hall–Kier alpha value is -1.90. The van der Waals surface area contributed by atoms with Crippen molar-refractivity contribution in [3.8, 4) is 0 Å². The van der Waals surface area contributed by atoms with E-state index in [0.717, 1.165) is 16.7 Å². The number of hydrogen-bond donors (Lipinski definition) is 0. The van der Waals surface area contributed by atoms with Crippen molar-refractivity contribution in [1.29, 1.82) is 0 Å². The van der Waals surface area contributed by atoms with Gasteiger partial charge in [0.1, 0.15) is 0 Å². The molecule has 0 bridgehead atoms. The van der Waals surface area contributed by atoms with Crippen LogP contribution < -0.4 is 0 Å². The van der Waals surface area contributed by atoms with Crippen molar-refractivity contribution in [1.82, 2.24) is 0 Å². The second-order valence-corrected chi connectivity index (χ2v) is 3.19. The Morgan fingerprint density at radius 3 is 2.93 bits per heavy atom. The van der Waals surface area contributed by atoms with E-state index in [4.69, 9.17) is 0 Å². The lowest BCUT2D eigenvalue weighted by atomic mass is 9.92. The molecule has 1 aromatic carbocycles. The molecule has 2 rings (SSSR count). The largest absolute Gasteiger partial charge is 0.273 e. The van der Waals surface area contributed by atoms with Crippen molar-refractivity contribution in [2.75, 3.05) is 0 Å². The number of fused-ring (bicyclic) bond motifs is 1. The maximum absolute atomic E-state index is 10.7. The van der Waals surface area contributed by atoms with Crippen LogP contribution in [0.15, 0.2) is 36.9 Å². The zero-order valence-electron chi connectivity index (χ0n) is 7.56. The van der Waals surface area contributed by atoms with Crippen LogP contribution in [-0.4, -0.2) is 4.92 Å². The molecule has 0 unspecified atom stereocenters. The molecule has 0 aromatic heterocycles. The summed E-state index contributed by atoms with van der Waals surface area (Å²) < 4.78 is 0. The lowest BCUT2D eigenvalue weighted by Crippen LogP contribution is -2.01. The van der Waals surface area contributed by atoms with Crippen LogP contribution in [0, 0.1) is 10.1 Å². The van der Waals surface area contributed by atoms with Gasteiger partial charge >= 0.3 is 0 Å². The van der Waals surface area contributed by atoms with Crippen LogP contribution in [0.5, 0.6) is 0 Å².